The molecule has 3 N–H and O–H groups in total. The van der Waals surface area contributed by atoms with Crippen LogP contribution in [0.2, 0.25) is 0 Å². The fourth-order valence-electron chi connectivity index (χ4n) is 2.74. The van der Waals surface area contributed by atoms with Crippen molar-refractivity contribution in [3.63, 3.8) is 0 Å². The first-order valence-corrected chi connectivity index (χ1v) is 11.4. The highest BCUT2D eigenvalue weighted by Gasteiger charge is 2.21. The van der Waals surface area contributed by atoms with Crippen molar-refractivity contribution in [1.29, 1.82) is 0 Å². The van der Waals surface area contributed by atoms with Gasteiger partial charge in [-0.15, -0.1) is 0 Å². The van der Waals surface area contributed by atoms with Crippen LogP contribution in [0, 0.1) is 0 Å². The van der Waals surface area contributed by atoms with Crippen LogP contribution in [0.25, 0.3) is 0 Å². The summed E-state index contributed by atoms with van der Waals surface area (Å²) >= 11 is 0. The summed E-state index contributed by atoms with van der Waals surface area (Å²) in [5.74, 6) is 0.698. The van der Waals surface area contributed by atoms with E-state index in [-0.39, 0.29) is 0 Å². The van der Waals surface area contributed by atoms with Crippen molar-refractivity contribution in [1.82, 2.24) is 15.4 Å². The smallest absolute Gasteiger partial charge is 0.209 e. The Balaban J connectivity index is 2.52. The molecule has 0 saturated heterocycles. The van der Waals surface area contributed by atoms with Gasteiger partial charge in [-0.25, -0.2) is 13.1 Å². The molecular formula is C19H35N5O2S. The second-order valence-electron chi connectivity index (χ2n) is 7.15. The second-order valence-corrected chi connectivity index (χ2v) is 8.90. The second kappa shape index (κ2) is 11.1. The molecule has 0 bridgehead atoms. The molecule has 7 nitrogen and oxygen atoms in total. The number of nitrogens with zero attached hydrogens (tertiary/aromatic N) is 2. The van der Waals surface area contributed by atoms with Gasteiger partial charge in [0.05, 0.1) is 12.8 Å². The van der Waals surface area contributed by atoms with Gasteiger partial charge >= 0.3 is 0 Å². The number of benzene rings is 1. The predicted octanol–water partition coefficient (Wildman–Crippen LogP) is 1.79. The molecular weight excluding hydrogens is 362 g/mol. The van der Waals surface area contributed by atoms with E-state index >= 15 is 0 Å². The average molecular weight is 398 g/mol. The largest absolute Gasteiger partial charge is 0.372 e. The van der Waals surface area contributed by atoms with Crippen LogP contribution in [0.1, 0.15) is 34.1 Å². The fraction of sp³-hybridized carbons (Fsp3) is 0.632. The van der Waals surface area contributed by atoms with E-state index in [2.05, 4.69) is 56.4 Å². The van der Waals surface area contributed by atoms with Crippen LogP contribution in [-0.2, 0) is 10.0 Å². The minimum atomic E-state index is -3.27. The lowest BCUT2D eigenvalue weighted by Crippen LogP contribution is -2.47. The molecule has 0 saturated carbocycles. The molecule has 0 fully saturated rings. The fourth-order valence-corrected chi connectivity index (χ4v) is 3.81. The number of aliphatic imine (C=N–C) groups is 1. The van der Waals surface area contributed by atoms with Gasteiger partial charge in [0, 0.05) is 37.4 Å². The zero-order valence-electron chi connectivity index (χ0n) is 17.2. The molecule has 0 spiro atoms. The lowest BCUT2D eigenvalue weighted by atomic mass is 10.1. The first kappa shape index (κ1) is 23.2. The monoisotopic (exact) mass is 397 g/mol. The van der Waals surface area contributed by atoms with Gasteiger partial charge in [0.2, 0.25) is 10.0 Å². The first-order valence-electron chi connectivity index (χ1n) is 9.48. The van der Waals surface area contributed by atoms with Crippen molar-refractivity contribution >= 4 is 21.7 Å². The molecule has 0 aromatic heterocycles. The maximum atomic E-state index is 11.4. The summed E-state index contributed by atoms with van der Waals surface area (Å²) in [6.07, 6.45) is 2.13. The normalized spacial score (nSPS) is 12.7. The third kappa shape index (κ3) is 10.2. The van der Waals surface area contributed by atoms with Crippen molar-refractivity contribution in [2.24, 2.45) is 4.99 Å². The van der Waals surface area contributed by atoms with Crippen LogP contribution in [0.4, 0.5) is 5.69 Å². The van der Waals surface area contributed by atoms with Crippen LogP contribution in [-0.4, -0.2) is 58.9 Å². The molecule has 1 aromatic rings. The Labute approximate surface area is 164 Å². The molecule has 8 heteroatoms. The molecule has 1 aromatic carbocycles. The number of anilines is 1. The highest BCUT2D eigenvalue weighted by atomic mass is 32.2. The lowest BCUT2D eigenvalue weighted by Gasteiger charge is -2.24. The molecule has 0 radical (unpaired) electrons. The van der Waals surface area contributed by atoms with Gasteiger partial charge in [0.25, 0.3) is 0 Å². The van der Waals surface area contributed by atoms with Crippen LogP contribution in [0.15, 0.2) is 35.3 Å². The van der Waals surface area contributed by atoms with Gasteiger partial charge in [-0.2, -0.15) is 0 Å². The number of nitrogens with one attached hydrogen (secondary N) is 3. The summed E-state index contributed by atoms with van der Waals surface area (Å²) in [5.41, 5.74) is 0.594. The molecule has 0 unspecified atom stereocenters. The maximum absolute atomic E-state index is 11.4. The number of para-hydroxylation sites is 1. The molecule has 0 aliphatic rings. The van der Waals surface area contributed by atoms with Crippen LogP contribution in [0.5, 0.6) is 0 Å². The quantitative estimate of drug-likeness (QED) is 0.301. The molecule has 0 aliphatic heterocycles. The Morgan fingerprint density at radius 3 is 2.37 bits per heavy atom. The summed E-state index contributed by atoms with van der Waals surface area (Å²) in [4.78, 5) is 6.86. The molecule has 0 atom stereocenters. The molecule has 0 amide bonds. The van der Waals surface area contributed by atoms with Crippen molar-refractivity contribution < 1.29 is 8.42 Å². The van der Waals surface area contributed by atoms with E-state index in [1.54, 1.807) is 0 Å². The van der Waals surface area contributed by atoms with Crippen LogP contribution in [0.3, 0.4) is 0 Å². The van der Waals surface area contributed by atoms with E-state index in [0.717, 1.165) is 38.9 Å². The summed E-state index contributed by atoms with van der Waals surface area (Å²) in [6.45, 7) is 11.6. The van der Waals surface area contributed by atoms with E-state index in [0.29, 0.717) is 12.5 Å². The Morgan fingerprint density at radius 2 is 1.81 bits per heavy atom. The highest BCUT2D eigenvalue weighted by Crippen LogP contribution is 2.12. The van der Waals surface area contributed by atoms with E-state index < -0.39 is 15.6 Å². The van der Waals surface area contributed by atoms with E-state index in [4.69, 9.17) is 0 Å². The van der Waals surface area contributed by atoms with Gasteiger partial charge < -0.3 is 15.5 Å². The highest BCUT2D eigenvalue weighted by molar-refractivity contribution is 7.88. The molecule has 154 valence electrons. The van der Waals surface area contributed by atoms with Crippen LogP contribution >= 0.6 is 0 Å². The van der Waals surface area contributed by atoms with Gasteiger partial charge in [0.15, 0.2) is 5.96 Å². The van der Waals surface area contributed by atoms with Crippen molar-refractivity contribution in [3.8, 4) is 0 Å². The Hall–Kier alpha value is -1.80. The summed E-state index contributed by atoms with van der Waals surface area (Å²) in [5, 5.41) is 6.52. The van der Waals surface area contributed by atoms with Gasteiger partial charge in [-0.3, -0.25) is 4.99 Å². The summed E-state index contributed by atoms with van der Waals surface area (Å²) in [6, 6.07) is 10.4. The Morgan fingerprint density at radius 1 is 1.15 bits per heavy atom. The van der Waals surface area contributed by atoms with Crippen molar-refractivity contribution in [2.75, 3.05) is 43.9 Å². The van der Waals surface area contributed by atoms with E-state index in [1.807, 2.05) is 26.8 Å². The van der Waals surface area contributed by atoms with Crippen molar-refractivity contribution in [2.45, 2.75) is 39.7 Å². The van der Waals surface area contributed by atoms with Crippen molar-refractivity contribution in [3.05, 3.63) is 30.3 Å². The zero-order valence-corrected chi connectivity index (χ0v) is 18.1. The summed E-state index contributed by atoms with van der Waals surface area (Å²) in [7, 11) is -3.27. The van der Waals surface area contributed by atoms with Gasteiger partial charge in [0.1, 0.15) is 0 Å². The zero-order chi connectivity index (χ0) is 20.3. The number of rotatable bonds is 11. The maximum Gasteiger partial charge on any atom is 0.209 e. The number of guanidine groups is 1. The van der Waals surface area contributed by atoms with E-state index in [9.17, 15) is 8.42 Å². The molecule has 27 heavy (non-hydrogen) atoms. The van der Waals surface area contributed by atoms with Crippen LogP contribution < -0.4 is 20.3 Å². The number of hydrogen-bond donors (Lipinski definition) is 3. The third-order valence-corrected chi connectivity index (χ3v) is 4.76. The molecule has 0 heterocycles. The van der Waals surface area contributed by atoms with Gasteiger partial charge in [-0.1, -0.05) is 18.2 Å². The lowest BCUT2D eigenvalue weighted by molar-refractivity contribution is 0.464. The topological polar surface area (TPSA) is 85.8 Å². The predicted molar refractivity (Wildman–Crippen MR) is 115 cm³/mol. The molecule has 0 aliphatic carbocycles. The Bertz CT molecular complexity index is 675. The minimum Gasteiger partial charge on any atom is -0.372 e. The standard InChI is InChI=1S/C19H35N5O2S/c1-6-20-18(22-16-19(3,4)23-27(5,25)26)21-14-11-15-24(7-2)17-12-9-8-10-13-17/h8-10,12-13,23H,6-7,11,14-16H2,1-5H3,(H2,20,21,22). The first-order chi connectivity index (χ1) is 12.7. The SMILES string of the molecule is CCNC(=NCC(C)(C)NS(C)(=O)=O)NCCCN(CC)c1ccccc1. The van der Waals surface area contributed by atoms with Gasteiger partial charge in [-0.05, 0) is 46.2 Å². The van der Waals surface area contributed by atoms with E-state index in [1.165, 1.54) is 5.69 Å². The summed E-state index contributed by atoms with van der Waals surface area (Å²) < 4.78 is 25.5. The molecule has 1 rings (SSSR count). The Kier molecular flexibility index (Phi) is 9.59. The minimum absolute atomic E-state index is 0.348. The number of hydrogen-bond acceptors (Lipinski definition) is 4. The third-order valence-electron chi connectivity index (χ3n) is 3.84. The number of sulfonamides is 1. The average Bonchev–Trinajstić information content (AvgIpc) is 2.58.